The first-order chi connectivity index (χ1) is 13.1. The van der Waals surface area contributed by atoms with Gasteiger partial charge in [0.2, 0.25) is 10.0 Å². The Kier molecular flexibility index (Phi) is 4.16. The molecule has 2 fully saturated rings. The van der Waals surface area contributed by atoms with E-state index in [1.807, 2.05) is 16.7 Å². The second-order valence-electron chi connectivity index (χ2n) is 7.85. The van der Waals surface area contributed by atoms with Gasteiger partial charge in [0.25, 0.3) is 0 Å². The molecule has 27 heavy (non-hydrogen) atoms. The van der Waals surface area contributed by atoms with Crippen molar-refractivity contribution in [3.8, 4) is 0 Å². The van der Waals surface area contributed by atoms with E-state index in [-0.39, 0.29) is 17.2 Å². The zero-order valence-electron chi connectivity index (χ0n) is 15.1. The minimum atomic E-state index is -3.24. The van der Waals surface area contributed by atoms with Crippen LogP contribution in [0, 0.1) is 0 Å². The van der Waals surface area contributed by atoms with Gasteiger partial charge in [-0.1, -0.05) is 19.3 Å². The number of nitrogens with one attached hydrogen (secondary N) is 2. The van der Waals surface area contributed by atoms with Crippen LogP contribution >= 0.6 is 0 Å². The van der Waals surface area contributed by atoms with E-state index in [1.165, 1.54) is 0 Å². The molecule has 0 bridgehead atoms. The smallest absolute Gasteiger partial charge is 0.214 e. The molecule has 0 saturated heterocycles. The Morgan fingerprint density at radius 1 is 1.11 bits per heavy atom. The summed E-state index contributed by atoms with van der Waals surface area (Å²) >= 11 is 0. The Hall–Kier alpha value is -2.00. The lowest BCUT2D eigenvalue weighted by atomic mass is 10.0. The molecule has 2 N–H and O–H groups in total. The van der Waals surface area contributed by atoms with Gasteiger partial charge in [0.05, 0.1) is 17.0 Å². The first-order valence-corrected chi connectivity index (χ1v) is 11.3. The third-order valence-electron chi connectivity index (χ3n) is 6.09. The molecular weight excluding hydrogens is 364 g/mol. The zero-order valence-corrected chi connectivity index (χ0v) is 16.0. The molecular formula is C18H24N6O2S. The van der Waals surface area contributed by atoms with Crippen LogP contribution in [0.1, 0.15) is 63.1 Å². The minimum Gasteiger partial charge on any atom is -0.345 e. The molecule has 0 aromatic carbocycles. The number of rotatable bonds is 4. The van der Waals surface area contributed by atoms with Crippen LogP contribution in [0.2, 0.25) is 0 Å². The molecule has 144 valence electrons. The molecule has 3 aromatic rings. The summed E-state index contributed by atoms with van der Waals surface area (Å²) < 4.78 is 30.5. The highest BCUT2D eigenvalue weighted by Gasteiger charge is 2.35. The average molecular weight is 388 g/mol. The van der Waals surface area contributed by atoms with E-state index in [9.17, 15) is 8.42 Å². The van der Waals surface area contributed by atoms with Crippen LogP contribution in [-0.2, 0) is 10.0 Å². The summed E-state index contributed by atoms with van der Waals surface area (Å²) in [6, 6.07) is 1.96. The predicted octanol–water partition coefficient (Wildman–Crippen LogP) is 2.49. The average Bonchev–Trinajstić information content (AvgIpc) is 3.40. The van der Waals surface area contributed by atoms with E-state index in [1.54, 1.807) is 6.20 Å². The molecule has 0 unspecified atom stereocenters. The summed E-state index contributed by atoms with van der Waals surface area (Å²) in [6.45, 7) is 0. The molecule has 3 heterocycles. The number of sulfonamides is 1. The fourth-order valence-corrected chi connectivity index (χ4v) is 6.51. The van der Waals surface area contributed by atoms with Crippen LogP contribution in [0.5, 0.6) is 0 Å². The van der Waals surface area contributed by atoms with Gasteiger partial charge in [0, 0.05) is 18.2 Å². The van der Waals surface area contributed by atoms with E-state index < -0.39 is 10.0 Å². The van der Waals surface area contributed by atoms with E-state index in [0.29, 0.717) is 0 Å². The lowest BCUT2D eigenvalue weighted by Gasteiger charge is -2.24. The van der Waals surface area contributed by atoms with Crippen LogP contribution in [0.4, 0.5) is 0 Å². The molecule has 0 radical (unpaired) electrons. The number of fused-ring (bicyclic) bond motifs is 3. The van der Waals surface area contributed by atoms with Gasteiger partial charge >= 0.3 is 0 Å². The summed E-state index contributed by atoms with van der Waals surface area (Å²) in [5, 5.41) is 8.46. The molecule has 2 aliphatic carbocycles. The SMILES string of the molecule is O=S(=O)(N[C@H]1CC[C@@H](c2nnc3cnc4[nH]ccc4n23)C1)C1CCCCC1. The van der Waals surface area contributed by atoms with Crippen molar-refractivity contribution < 1.29 is 8.42 Å². The number of nitrogens with zero attached hydrogens (tertiary/aromatic N) is 4. The van der Waals surface area contributed by atoms with Crippen molar-refractivity contribution in [3.63, 3.8) is 0 Å². The van der Waals surface area contributed by atoms with E-state index in [0.717, 1.165) is 74.0 Å². The standard InChI is InChI=1S/C18H24N6O2S/c25-27(26,14-4-2-1-3-5-14)23-13-7-6-12(10-13)18-22-21-16-11-20-17-15(24(16)18)8-9-19-17/h8-9,11-14,19,23H,1-7,10H2/t12-,13+/m1/s1. The van der Waals surface area contributed by atoms with E-state index >= 15 is 0 Å². The Labute approximate surface area is 157 Å². The summed E-state index contributed by atoms with van der Waals surface area (Å²) in [7, 11) is -3.24. The summed E-state index contributed by atoms with van der Waals surface area (Å²) in [5.41, 5.74) is 2.48. The van der Waals surface area contributed by atoms with Gasteiger partial charge in [-0.15, -0.1) is 10.2 Å². The van der Waals surface area contributed by atoms with Crippen LogP contribution in [-0.4, -0.2) is 44.3 Å². The van der Waals surface area contributed by atoms with E-state index in [2.05, 4.69) is 24.9 Å². The van der Waals surface area contributed by atoms with Gasteiger partial charge in [0.15, 0.2) is 11.3 Å². The largest absolute Gasteiger partial charge is 0.345 e. The first-order valence-electron chi connectivity index (χ1n) is 9.80. The molecule has 2 saturated carbocycles. The van der Waals surface area contributed by atoms with Crippen molar-refractivity contribution in [2.75, 3.05) is 0 Å². The van der Waals surface area contributed by atoms with Crippen molar-refractivity contribution in [1.82, 2.24) is 29.3 Å². The molecule has 0 aliphatic heterocycles. The van der Waals surface area contributed by atoms with Crippen molar-refractivity contribution in [2.24, 2.45) is 0 Å². The fourth-order valence-electron chi connectivity index (χ4n) is 4.69. The predicted molar refractivity (Wildman–Crippen MR) is 102 cm³/mol. The van der Waals surface area contributed by atoms with Gasteiger partial charge in [0.1, 0.15) is 5.82 Å². The fraction of sp³-hybridized carbons (Fsp3) is 0.611. The molecule has 2 atom stereocenters. The second-order valence-corrected chi connectivity index (χ2v) is 9.84. The topological polar surface area (TPSA) is 105 Å². The monoisotopic (exact) mass is 388 g/mol. The zero-order chi connectivity index (χ0) is 18.4. The van der Waals surface area contributed by atoms with Crippen molar-refractivity contribution in [3.05, 3.63) is 24.3 Å². The van der Waals surface area contributed by atoms with Crippen molar-refractivity contribution in [2.45, 2.75) is 68.6 Å². The first kappa shape index (κ1) is 17.1. The maximum atomic E-state index is 12.7. The third kappa shape index (κ3) is 3.02. The van der Waals surface area contributed by atoms with Gasteiger partial charge in [-0.05, 0) is 38.2 Å². The Morgan fingerprint density at radius 3 is 2.81 bits per heavy atom. The van der Waals surface area contributed by atoms with E-state index in [4.69, 9.17) is 0 Å². The van der Waals surface area contributed by atoms with Crippen molar-refractivity contribution in [1.29, 1.82) is 0 Å². The van der Waals surface area contributed by atoms with Gasteiger partial charge in [-0.3, -0.25) is 4.40 Å². The lowest BCUT2D eigenvalue weighted by Crippen LogP contribution is -2.40. The van der Waals surface area contributed by atoms with Crippen LogP contribution in [0.15, 0.2) is 18.5 Å². The molecule has 5 rings (SSSR count). The number of H-pyrrole nitrogens is 1. The normalized spacial score (nSPS) is 24.9. The number of aromatic amines is 1. The molecule has 8 nitrogen and oxygen atoms in total. The quantitative estimate of drug-likeness (QED) is 0.714. The number of aromatic nitrogens is 5. The maximum Gasteiger partial charge on any atom is 0.214 e. The van der Waals surface area contributed by atoms with Crippen molar-refractivity contribution >= 4 is 26.8 Å². The summed E-state index contributed by atoms with van der Waals surface area (Å²) in [4.78, 5) is 7.47. The summed E-state index contributed by atoms with van der Waals surface area (Å²) in [6.07, 6.45) is 10.9. The summed E-state index contributed by atoms with van der Waals surface area (Å²) in [5.74, 6) is 1.09. The van der Waals surface area contributed by atoms with Crippen LogP contribution < -0.4 is 4.72 Å². The van der Waals surface area contributed by atoms with Gasteiger partial charge in [-0.25, -0.2) is 18.1 Å². The second kappa shape index (κ2) is 6.56. The third-order valence-corrected chi connectivity index (χ3v) is 8.10. The molecule has 0 spiro atoms. The molecule has 3 aromatic heterocycles. The Balaban J connectivity index is 1.37. The highest BCUT2D eigenvalue weighted by Crippen LogP contribution is 2.35. The highest BCUT2D eigenvalue weighted by molar-refractivity contribution is 7.90. The van der Waals surface area contributed by atoms with Crippen LogP contribution in [0.3, 0.4) is 0 Å². The van der Waals surface area contributed by atoms with Crippen LogP contribution in [0.25, 0.3) is 16.8 Å². The lowest BCUT2D eigenvalue weighted by molar-refractivity contribution is 0.469. The van der Waals surface area contributed by atoms with Gasteiger partial charge in [-0.2, -0.15) is 0 Å². The highest BCUT2D eigenvalue weighted by atomic mass is 32.2. The maximum absolute atomic E-state index is 12.7. The molecule has 2 aliphatic rings. The minimum absolute atomic E-state index is 0.0159. The Bertz CT molecular complexity index is 1070. The molecule has 9 heteroatoms. The molecule has 0 amide bonds. The number of hydrogen-bond acceptors (Lipinski definition) is 5. The Morgan fingerprint density at radius 2 is 1.96 bits per heavy atom. The number of hydrogen-bond donors (Lipinski definition) is 2. The van der Waals surface area contributed by atoms with Gasteiger partial charge < -0.3 is 4.98 Å².